The third-order valence-corrected chi connectivity index (χ3v) is 5.18. The number of carbonyl (C=O) groups is 2. The zero-order valence-electron chi connectivity index (χ0n) is 14.9. The molecule has 0 unspecified atom stereocenters. The third-order valence-electron chi connectivity index (χ3n) is 5.18. The lowest BCUT2D eigenvalue weighted by molar-refractivity contribution is -0.159. The zero-order valence-corrected chi connectivity index (χ0v) is 15.8. The monoisotopic (exact) mass is 383 g/mol. The SMILES string of the molecule is COC1(C(=O)N2CCN(C(=O)c3ccccc3O)CC2)CCNCC1.Cl. The van der Waals surface area contributed by atoms with Crippen LogP contribution in [0.5, 0.6) is 5.75 Å². The van der Waals surface area contributed by atoms with Crippen molar-refractivity contribution in [2.24, 2.45) is 0 Å². The van der Waals surface area contributed by atoms with Crippen LogP contribution >= 0.6 is 12.4 Å². The highest BCUT2D eigenvalue weighted by Gasteiger charge is 2.43. The number of piperazine rings is 1. The van der Waals surface area contributed by atoms with Crippen LogP contribution in [0.1, 0.15) is 23.2 Å². The van der Waals surface area contributed by atoms with Crippen LogP contribution in [0.4, 0.5) is 0 Å². The maximum absolute atomic E-state index is 12.9. The smallest absolute Gasteiger partial charge is 0.257 e. The number of halogens is 1. The molecule has 0 aromatic heterocycles. The number of benzene rings is 1. The van der Waals surface area contributed by atoms with Crippen LogP contribution in [0.3, 0.4) is 0 Å². The number of ether oxygens (including phenoxy) is 1. The molecule has 8 heteroatoms. The minimum absolute atomic E-state index is 0. The number of methoxy groups -OCH3 is 1. The highest BCUT2D eigenvalue weighted by molar-refractivity contribution is 5.97. The number of phenols is 1. The molecule has 2 saturated heterocycles. The fraction of sp³-hybridized carbons (Fsp3) is 0.556. The van der Waals surface area contributed by atoms with Gasteiger partial charge in [-0.3, -0.25) is 9.59 Å². The summed E-state index contributed by atoms with van der Waals surface area (Å²) in [6.45, 7) is 3.41. The minimum Gasteiger partial charge on any atom is -0.507 e. The van der Waals surface area contributed by atoms with Crippen molar-refractivity contribution < 1.29 is 19.4 Å². The van der Waals surface area contributed by atoms with Gasteiger partial charge in [0.05, 0.1) is 5.56 Å². The summed E-state index contributed by atoms with van der Waals surface area (Å²) >= 11 is 0. The molecule has 26 heavy (non-hydrogen) atoms. The molecule has 0 saturated carbocycles. The van der Waals surface area contributed by atoms with Crippen LogP contribution in [0.2, 0.25) is 0 Å². The van der Waals surface area contributed by atoms with Crippen LogP contribution in [0.15, 0.2) is 24.3 Å². The van der Waals surface area contributed by atoms with Gasteiger partial charge in [-0.1, -0.05) is 12.1 Å². The Balaban J connectivity index is 0.00000243. The Hall–Kier alpha value is -1.83. The second kappa shape index (κ2) is 8.70. The molecule has 0 aliphatic carbocycles. The van der Waals surface area contributed by atoms with Gasteiger partial charge in [0.15, 0.2) is 0 Å². The summed E-state index contributed by atoms with van der Waals surface area (Å²) in [4.78, 5) is 29.0. The first-order valence-corrected chi connectivity index (χ1v) is 8.70. The second-order valence-corrected chi connectivity index (χ2v) is 6.55. The third kappa shape index (κ3) is 3.95. The molecular weight excluding hydrogens is 358 g/mol. The number of hydrogen-bond donors (Lipinski definition) is 2. The molecule has 0 bridgehead atoms. The summed E-state index contributed by atoms with van der Waals surface area (Å²) in [5, 5.41) is 13.1. The van der Waals surface area contributed by atoms with Crippen molar-refractivity contribution in [1.82, 2.24) is 15.1 Å². The molecule has 144 valence electrons. The Kier molecular flexibility index (Phi) is 6.86. The van der Waals surface area contributed by atoms with Gasteiger partial charge in [-0.05, 0) is 38.1 Å². The Morgan fingerprint density at radius 3 is 2.23 bits per heavy atom. The summed E-state index contributed by atoms with van der Waals surface area (Å²) < 4.78 is 5.61. The van der Waals surface area contributed by atoms with E-state index in [4.69, 9.17) is 4.74 Å². The van der Waals surface area contributed by atoms with Gasteiger partial charge in [0.1, 0.15) is 11.4 Å². The molecule has 2 heterocycles. The minimum atomic E-state index is -0.741. The molecule has 2 N–H and O–H groups in total. The van der Waals surface area contributed by atoms with Gasteiger partial charge in [-0.15, -0.1) is 12.4 Å². The van der Waals surface area contributed by atoms with Gasteiger partial charge in [-0.25, -0.2) is 0 Å². The Morgan fingerprint density at radius 1 is 1.08 bits per heavy atom. The van der Waals surface area contributed by atoms with Gasteiger partial charge in [0.25, 0.3) is 11.8 Å². The van der Waals surface area contributed by atoms with Crippen LogP contribution in [0, 0.1) is 0 Å². The number of nitrogens with one attached hydrogen (secondary N) is 1. The average Bonchev–Trinajstić information content (AvgIpc) is 2.68. The van der Waals surface area contributed by atoms with Gasteiger partial charge in [0.2, 0.25) is 0 Å². The quantitative estimate of drug-likeness (QED) is 0.809. The lowest BCUT2D eigenvalue weighted by Gasteiger charge is -2.42. The number of phenolic OH excluding ortho intramolecular Hbond substituents is 1. The zero-order chi connectivity index (χ0) is 17.9. The molecule has 7 nitrogen and oxygen atoms in total. The first-order valence-electron chi connectivity index (χ1n) is 8.70. The molecule has 2 fully saturated rings. The van der Waals surface area contributed by atoms with E-state index in [9.17, 15) is 14.7 Å². The van der Waals surface area contributed by atoms with Crippen molar-refractivity contribution in [3.05, 3.63) is 29.8 Å². The molecule has 1 aromatic rings. The maximum atomic E-state index is 12.9. The van der Waals surface area contributed by atoms with E-state index < -0.39 is 5.60 Å². The van der Waals surface area contributed by atoms with Crippen molar-refractivity contribution in [3.8, 4) is 5.75 Å². The van der Waals surface area contributed by atoms with Gasteiger partial charge < -0.3 is 25.0 Å². The molecule has 0 atom stereocenters. The van der Waals surface area contributed by atoms with Crippen molar-refractivity contribution in [2.45, 2.75) is 18.4 Å². The van der Waals surface area contributed by atoms with Gasteiger partial charge >= 0.3 is 0 Å². The molecular formula is C18H26ClN3O4. The summed E-state index contributed by atoms with van der Waals surface area (Å²) in [6, 6.07) is 6.54. The standard InChI is InChI=1S/C18H25N3O4.ClH/c1-25-18(6-8-19-9-7-18)17(24)21-12-10-20(11-13-21)16(23)14-4-2-3-5-15(14)22;/h2-5,19,22H,6-13H2,1H3;1H. The number of hydrogen-bond acceptors (Lipinski definition) is 5. The molecule has 0 radical (unpaired) electrons. The van der Waals surface area contributed by atoms with Crippen molar-refractivity contribution >= 4 is 24.2 Å². The van der Waals surface area contributed by atoms with Crippen LogP contribution < -0.4 is 5.32 Å². The highest BCUT2D eigenvalue weighted by Crippen LogP contribution is 2.26. The summed E-state index contributed by atoms with van der Waals surface area (Å²) in [6.07, 6.45) is 1.33. The van der Waals surface area contributed by atoms with Crippen LogP contribution in [0.25, 0.3) is 0 Å². The fourth-order valence-electron chi connectivity index (χ4n) is 3.56. The predicted octanol–water partition coefficient (Wildman–Crippen LogP) is 0.867. The van der Waals surface area contributed by atoms with E-state index in [1.807, 2.05) is 0 Å². The van der Waals surface area contributed by atoms with E-state index in [1.165, 1.54) is 6.07 Å². The van der Waals surface area contributed by atoms with E-state index in [0.717, 1.165) is 13.1 Å². The fourth-order valence-corrected chi connectivity index (χ4v) is 3.56. The second-order valence-electron chi connectivity index (χ2n) is 6.55. The van der Waals surface area contributed by atoms with Crippen LogP contribution in [-0.2, 0) is 9.53 Å². The van der Waals surface area contributed by atoms with Gasteiger partial charge in [0, 0.05) is 33.3 Å². The Labute approximate surface area is 159 Å². The number of piperidine rings is 1. The van der Waals surface area contributed by atoms with E-state index in [0.29, 0.717) is 44.6 Å². The van der Waals surface area contributed by atoms with Crippen molar-refractivity contribution in [1.29, 1.82) is 0 Å². The largest absolute Gasteiger partial charge is 0.507 e. The molecule has 2 amide bonds. The maximum Gasteiger partial charge on any atom is 0.257 e. The summed E-state index contributed by atoms with van der Waals surface area (Å²) in [7, 11) is 1.60. The summed E-state index contributed by atoms with van der Waals surface area (Å²) in [5.74, 6) is -0.196. The number of para-hydroxylation sites is 1. The highest BCUT2D eigenvalue weighted by atomic mass is 35.5. The van der Waals surface area contributed by atoms with Gasteiger partial charge in [-0.2, -0.15) is 0 Å². The van der Waals surface area contributed by atoms with Crippen LogP contribution in [-0.4, -0.2) is 78.7 Å². The number of rotatable bonds is 3. The van der Waals surface area contributed by atoms with E-state index in [-0.39, 0.29) is 30.0 Å². The first-order chi connectivity index (χ1) is 12.1. The molecule has 2 aliphatic heterocycles. The molecule has 2 aliphatic rings. The lowest BCUT2D eigenvalue weighted by Crippen LogP contribution is -2.59. The summed E-state index contributed by atoms with van der Waals surface area (Å²) in [5.41, 5.74) is -0.441. The van der Waals surface area contributed by atoms with E-state index in [1.54, 1.807) is 35.1 Å². The van der Waals surface area contributed by atoms with Crippen molar-refractivity contribution in [3.63, 3.8) is 0 Å². The Morgan fingerprint density at radius 2 is 1.65 bits per heavy atom. The predicted molar refractivity (Wildman–Crippen MR) is 99.7 cm³/mol. The lowest BCUT2D eigenvalue weighted by atomic mass is 9.90. The Bertz CT molecular complexity index is 641. The van der Waals surface area contributed by atoms with E-state index >= 15 is 0 Å². The van der Waals surface area contributed by atoms with Crippen molar-refractivity contribution in [2.75, 3.05) is 46.4 Å². The number of aromatic hydroxyl groups is 1. The normalized spacial score (nSPS) is 19.6. The van der Waals surface area contributed by atoms with E-state index in [2.05, 4.69) is 5.32 Å². The topological polar surface area (TPSA) is 82.1 Å². The number of amides is 2. The average molecular weight is 384 g/mol. The first kappa shape index (κ1) is 20.5. The number of carbonyl (C=O) groups excluding carboxylic acids is 2. The molecule has 3 rings (SSSR count). The molecule has 1 aromatic carbocycles. The molecule has 0 spiro atoms. The number of nitrogens with zero attached hydrogens (tertiary/aromatic N) is 2.